The molecule has 1 amide bonds. The van der Waals surface area contributed by atoms with Crippen LogP contribution in [0.1, 0.15) is 37.1 Å². The van der Waals surface area contributed by atoms with Crippen LogP contribution in [0, 0.1) is 13.8 Å². The largest absolute Gasteiger partial charge is 0.349 e. The quantitative estimate of drug-likeness (QED) is 0.591. The number of amides is 1. The van der Waals surface area contributed by atoms with E-state index >= 15 is 0 Å². The van der Waals surface area contributed by atoms with E-state index in [0.29, 0.717) is 12.3 Å². The van der Waals surface area contributed by atoms with E-state index in [1.165, 1.54) is 22.2 Å². The molecule has 3 N–H and O–H groups in total. The van der Waals surface area contributed by atoms with Gasteiger partial charge in [-0.2, -0.15) is 0 Å². The van der Waals surface area contributed by atoms with Gasteiger partial charge in [-0.25, -0.2) is 9.97 Å². The van der Waals surface area contributed by atoms with E-state index < -0.39 is 0 Å². The Balaban J connectivity index is 2.11. The first-order chi connectivity index (χ1) is 11.0. The molecule has 0 aromatic carbocycles. The van der Waals surface area contributed by atoms with Crippen molar-refractivity contribution in [3.8, 4) is 0 Å². The van der Waals surface area contributed by atoms with Crippen LogP contribution in [0.25, 0.3) is 10.2 Å². The van der Waals surface area contributed by atoms with Gasteiger partial charge < -0.3 is 11.1 Å². The fourth-order valence-corrected chi connectivity index (χ4v) is 4.41. The lowest BCUT2D eigenvalue weighted by atomic mass is 9.93. The van der Waals surface area contributed by atoms with Crippen molar-refractivity contribution < 1.29 is 4.79 Å². The number of hydrogen-bond donors (Lipinski definition) is 2. The van der Waals surface area contributed by atoms with Crippen LogP contribution in [0.15, 0.2) is 11.4 Å². The zero-order valence-corrected chi connectivity index (χ0v) is 15.7. The van der Waals surface area contributed by atoms with Crippen LogP contribution in [0.4, 0.5) is 0 Å². The Kier molecular flexibility index (Phi) is 6.00. The molecular weight excluding hydrogens is 328 g/mol. The number of nitrogens with two attached hydrogens (primary N) is 1. The van der Waals surface area contributed by atoms with Crippen molar-refractivity contribution >= 4 is 39.2 Å². The molecule has 0 saturated carbocycles. The maximum atomic E-state index is 12.3. The number of carbonyl (C=O) groups is 1. The molecule has 0 saturated heterocycles. The van der Waals surface area contributed by atoms with E-state index in [1.807, 2.05) is 0 Å². The third kappa shape index (κ3) is 3.84. The topological polar surface area (TPSA) is 80.9 Å². The highest BCUT2D eigenvalue weighted by molar-refractivity contribution is 8.00. The summed E-state index contributed by atoms with van der Waals surface area (Å²) >= 11 is 3.13. The minimum Gasteiger partial charge on any atom is -0.349 e. The van der Waals surface area contributed by atoms with Crippen LogP contribution in [0.5, 0.6) is 0 Å². The van der Waals surface area contributed by atoms with Crippen LogP contribution in [-0.2, 0) is 4.79 Å². The molecule has 0 radical (unpaired) electrons. The van der Waals surface area contributed by atoms with Crippen LogP contribution in [-0.4, -0.2) is 33.7 Å². The van der Waals surface area contributed by atoms with Crippen LogP contribution in [0.2, 0.25) is 0 Å². The van der Waals surface area contributed by atoms with E-state index in [-0.39, 0.29) is 11.4 Å². The lowest BCUT2D eigenvalue weighted by Gasteiger charge is -2.31. The van der Waals surface area contributed by atoms with Crippen molar-refractivity contribution in [2.45, 2.75) is 51.1 Å². The normalized spacial score (nSPS) is 11.9. The molecule has 0 aliphatic heterocycles. The monoisotopic (exact) mass is 352 g/mol. The minimum atomic E-state index is -0.298. The summed E-state index contributed by atoms with van der Waals surface area (Å²) in [6.45, 7) is 8.72. The molecule has 2 heterocycles. The Morgan fingerprint density at radius 2 is 2.04 bits per heavy atom. The lowest BCUT2D eigenvalue weighted by molar-refractivity contribution is -0.120. The number of carbonyl (C=O) groups excluding carboxylic acids is 1. The average molecular weight is 353 g/mol. The van der Waals surface area contributed by atoms with Crippen molar-refractivity contribution in [3.63, 3.8) is 0 Å². The molecule has 23 heavy (non-hydrogen) atoms. The van der Waals surface area contributed by atoms with Gasteiger partial charge in [-0.1, -0.05) is 25.6 Å². The molecule has 5 nitrogen and oxygen atoms in total. The number of hydrogen-bond acceptors (Lipinski definition) is 6. The number of rotatable bonds is 7. The fraction of sp³-hybridized carbons (Fsp3) is 0.562. The summed E-state index contributed by atoms with van der Waals surface area (Å²) in [5.74, 6) is 0.336. The Morgan fingerprint density at radius 1 is 1.35 bits per heavy atom. The molecule has 0 aliphatic carbocycles. The van der Waals surface area contributed by atoms with E-state index in [1.54, 1.807) is 17.7 Å². The molecule has 0 aliphatic rings. The van der Waals surface area contributed by atoms with Crippen LogP contribution >= 0.6 is 23.1 Å². The number of nitrogens with one attached hydrogen (secondary N) is 1. The second-order valence-electron chi connectivity index (χ2n) is 5.67. The second-order valence-corrected chi connectivity index (χ2v) is 7.84. The molecular formula is C16H24N4OS2. The SMILES string of the molecule is CCC(CC)(CN)NC(=O)CSc1ncnc2sc(C)c(C)c12. The number of nitrogens with zero attached hydrogens (tertiary/aromatic N) is 2. The van der Waals surface area contributed by atoms with Crippen LogP contribution < -0.4 is 11.1 Å². The summed E-state index contributed by atoms with van der Waals surface area (Å²) in [6.07, 6.45) is 3.23. The van der Waals surface area contributed by atoms with Gasteiger partial charge in [0.2, 0.25) is 5.91 Å². The van der Waals surface area contributed by atoms with Gasteiger partial charge in [-0.05, 0) is 32.3 Å². The smallest absolute Gasteiger partial charge is 0.230 e. The molecule has 7 heteroatoms. The molecule has 0 bridgehead atoms. The van der Waals surface area contributed by atoms with Crippen molar-refractivity contribution in [1.29, 1.82) is 0 Å². The van der Waals surface area contributed by atoms with Gasteiger partial charge in [0.25, 0.3) is 0 Å². The average Bonchev–Trinajstić information content (AvgIpc) is 2.86. The summed E-state index contributed by atoms with van der Waals surface area (Å²) in [5.41, 5.74) is 6.74. The fourth-order valence-electron chi connectivity index (χ4n) is 2.49. The highest BCUT2D eigenvalue weighted by Gasteiger charge is 2.26. The van der Waals surface area contributed by atoms with Crippen molar-refractivity contribution in [2.24, 2.45) is 5.73 Å². The minimum absolute atomic E-state index is 0.000479. The molecule has 0 spiro atoms. The molecule has 2 rings (SSSR count). The third-order valence-electron chi connectivity index (χ3n) is 4.42. The van der Waals surface area contributed by atoms with Gasteiger partial charge in [0.05, 0.1) is 11.3 Å². The first-order valence-corrected chi connectivity index (χ1v) is 9.61. The molecule has 0 unspecified atom stereocenters. The predicted octanol–water partition coefficient (Wildman–Crippen LogP) is 3.03. The zero-order chi connectivity index (χ0) is 17.0. The summed E-state index contributed by atoms with van der Waals surface area (Å²) in [5, 5.41) is 5.04. The highest BCUT2D eigenvalue weighted by Crippen LogP contribution is 2.34. The van der Waals surface area contributed by atoms with Gasteiger partial charge in [0.15, 0.2) is 0 Å². The van der Waals surface area contributed by atoms with E-state index in [9.17, 15) is 4.79 Å². The standard InChI is InChI=1S/C16H24N4OS2/c1-5-16(6-2,8-17)20-12(21)7-22-14-13-10(3)11(4)23-15(13)19-9-18-14/h9H,5-8,17H2,1-4H3,(H,20,21). The Bertz CT molecular complexity index is 686. The number of thiophene rings is 1. The first kappa shape index (κ1) is 18.2. The number of aromatic nitrogens is 2. The second kappa shape index (κ2) is 7.59. The molecule has 2 aromatic rings. The summed E-state index contributed by atoms with van der Waals surface area (Å²) in [4.78, 5) is 23.2. The van der Waals surface area contributed by atoms with Crippen molar-refractivity contribution in [3.05, 3.63) is 16.8 Å². The van der Waals surface area contributed by atoms with Gasteiger partial charge in [0.1, 0.15) is 16.2 Å². The number of aryl methyl sites for hydroxylation is 2. The molecule has 0 atom stereocenters. The van der Waals surface area contributed by atoms with Gasteiger partial charge in [0, 0.05) is 16.8 Å². The van der Waals surface area contributed by atoms with Gasteiger partial charge in [-0.3, -0.25) is 4.79 Å². The van der Waals surface area contributed by atoms with Gasteiger partial charge >= 0.3 is 0 Å². The Hall–Kier alpha value is -1.18. The van der Waals surface area contributed by atoms with E-state index in [4.69, 9.17) is 5.73 Å². The molecule has 126 valence electrons. The number of fused-ring (bicyclic) bond motifs is 1. The zero-order valence-electron chi connectivity index (χ0n) is 14.1. The maximum absolute atomic E-state index is 12.3. The van der Waals surface area contributed by atoms with Crippen LogP contribution in [0.3, 0.4) is 0 Å². The lowest BCUT2D eigenvalue weighted by Crippen LogP contribution is -2.53. The Labute approximate surface area is 145 Å². The predicted molar refractivity (Wildman–Crippen MR) is 98.1 cm³/mol. The van der Waals surface area contributed by atoms with Crippen molar-refractivity contribution in [1.82, 2.24) is 15.3 Å². The first-order valence-electron chi connectivity index (χ1n) is 7.81. The molecule has 0 fully saturated rings. The summed E-state index contributed by atoms with van der Waals surface area (Å²) in [7, 11) is 0. The third-order valence-corrected chi connectivity index (χ3v) is 6.52. The number of thioether (sulfide) groups is 1. The molecule has 2 aromatic heterocycles. The maximum Gasteiger partial charge on any atom is 0.230 e. The van der Waals surface area contributed by atoms with E-state index in [2.05, 4.69) is 43.0 Å². The Morgan fingerprint density at radius 3 is 2.65 bits per heavy atom. The van der Waals surface area contributed by atoms with Crippen molar-refractivity contribution in [2.75, 3.05) is 12.3 Å². The highest BCUT2D eigenvalue weighted by atomic mass is 32.2. The van der Waals surface area contributed by atoms with E-state index in [0.717, 1.165) is 28.1 Å². The summed E-state index contributed by atoms with van der Waals surface area (Å²) < 4.78 is 0. The summed E-state index contributed by atoms with van der Waals surface area (Å²) in [6, 6.07) is 0. The van der Waals surface area contributed by atoms with Gasteiger partial charge in [-0.15, -0.1) is 11.3 Å².